The molecule has 0 spiro atoms. The molecule has 0 bridgehead atoms. The Balaban J connectivity index is 1.87. The molecule has 0 aromatic carbocycles. The number of likely N-dealkylation sites (N-methyl/N-ethyl adjacent to an activating group) is 1. The zero-order chi connectivity index (χ0) is 14.8. The highest BCUT2D eigenvalue weighted by Crippen LogP contribution is 2.19. The fourth-order valence-corrected chi connectivity index (χ4v) is 3.32. The number of likely N-dealkylation sites (tertiary alicyclic amines) is 1. The molecule has 1 unspecified atom stereocenters. The number of aromatic nitrogens is 2. The summed E-state index contributed by atoms with van der Waals surface area (Å²) in [4.78, 5) is 19.2. The maximum atomic E-state index is 12.2. The molecule has 0 radical (unpaired) electrons. The van der Waals surface area contributed by atoms with Crippen LogP contribution in [0.3, 0.4) is 0 Å². The van der Waals surface area contributed by atoms with Crippen molar-refractivity contribution in [2.45, 2.75) is 25.4 Å². The Morgan fingerprint density at radius 1 is 1.48 bits per heavy atom. The Kier molecular flexibility index (Phi) is 4.37. The van der Waals surface area contributed by atoms with E-state index in [0.717, 1.165) is 29.8 Å². The van der Waals surface area contributed by atoms with Gasteiger partial charge < -0.3 is 5.32 Å². The summed E-state index contributed by atoms with van der Waals surface area (Å²) < 4.78 is 2.45. The second kappa shape index (κ2) is 6.25. The van der Waals surface area contributed by atoms with Crippen LogP contribution >= 0.6 is 15.9 Å². The molecule has 1 aliphatic heterocycles. The molecule has 3 heterocycles. The number of halogens is 1. The first-order chi connectivity index (χ1) is 10.2. The third-order valence-electron chi connectivity index (χ3n) is 3.98. The van der Waals surface area contributed by atoms with E-state index in [-0.39, 0.29) is 5.56 Å². The van der Waals surface area contributed by atoms with E-state index in [1.807, 2.05) is 19.2 Å². The first-order valence-corrected chi connectivity index (χ1v) is 8.03. The van der Waals surface area contributed by atoms with Gasteiger partial charge in [0.1, 0.15) is 5.65 Å². The summed E-state index contributed by atoms with van der Waals surface area (Å²) in [5.41, 5.74) is 1.52. The maximum Gasteiger partial charge on any atom is 0.258 e. The van der Waals surface area contributed by atoms with Crippen molar-refractivity contribution in [2.24, 2.45) is 0 Å². The third-order valence-corrected chi connectivity index (χ3v) is 4.45. The SMILES string of the molecule is CNCC1CCCN1Cc1cc(=O)n2cc(Br)ccc2n1. The molecule has 3 rings (SSSR count). The third kappa shape index (κ3) is 3.17. The summed E-state index contributed by atoms with van der Waals surface area (Å²) in [5, 5.41) is 3.24. The molecule has 1 atom stereocenters. The summed E-state index contributed by atoms with van der Waals surface area (Å²) in [6.07, 6.45) is 4.18. The molecule has 5 nitrogen and oxygen atoms in total. The highest BCUT2D eigenvalue weighted by Gasteiger charge is 2.24. The van der Waals surface area contributed by atoms with Gasteiger partial charge in [0.15, 0.2) is 0 Å². The molecule has 1 N–H and O–H groups in total. The van der Waals surface area contributed by atoms with Crippen molar-refractivity contribution in [3.05, 3.63) is 44.9 Å². The Morgan fingerprint density at radius 2 is 2.33 bits per heavy atom. The molecule has 21 heavy (non-hydrogen) atoms. The normalized spacial score (nSPS) is 19.4. The van der Waals surface area contributed by atoms with Crippen LogP contribution in [0.5, 0.6) is 0 Å². The summed E-state index contributed by atoms with van der Waals surface area (Å²) in [5.74, 6) is 0. The smallest absolute Gasteiger partial charge is 0.258 e. The van der Waals surface area contributed by atoms with E-state index >= 15 is 0 Å². The molecule has 6 heteroatoms. The van der Waals surface area contributed by atoms with Crippen molar-refractivity contribution in [1.29, 1.82) is 0 Å². The van der Waals surface area contributed by atoms with Gasteiger partial charge in [-0.15, -0.1) is 0 Å². The molecule has 112 valence electrons. The fourth-order valence-electron chi connectivity index (χ4n) is 2.99. The van der Waals surface area contributed by atoms with Gasteiger partial charge in [-0.05, 0) is 54.5 Å². The number of hydrogen-bond donors (Lipinski definition) is 1. The minimum Gasteiger partial charge on any atom is -0.318 e. The van der Waals surface area contributed by atoms with E-state index in [9.17, 15) is 4.79 Å². The van der Waals surface area contributed by atoms with E-state index < -0.39 is 0 Å². The van der Waals surface area contributed by atoms with Crippen molar-refractivity contribution in [3.8, 4) is 0 Å². The molecular formula is C15H19BrN4O. The van der Waals surface area contributed by atoms with Crippen LogP contribution in [0.2, 0.25) is 0 Å². The zero-order valence-corrected chi connectivity index (χ0v) is 13.6. The molecule has 0 aliphatic carbocycles. The van der Waals surface area contributed by atoms with Gasteiger partial charge in [0.05, 0.1) is 5.69 Å². The van der Waals surface area contributed by atoms with Gasteiger partial charge in [-0.3, -0.25) is 14.1 Å². The van der Waals surface area contributed by atoms with E-state index in [2.05, 4.69) is 31.1 Å². The van der Waals surface area contributed by atoms with Gasteiger partial charge in [0.25, 0.3) is 5.56 Å². The van der Waals surface area contributed by atoms with E-state index in [4.69, 9.17) is 0 Å². The second-order valence-corrected chi connectivity index (χ2v) is 6.40. The van der Waals surface area contributed by atoms with Gasteiger partial charge >= 0.3 is 0 Å². The van der Waals surface area contributed by atoms with Crippen LogP contribution in [0.4, 0.5) is 0 Å². The van der Waals surface area contributed by atoms with Crippen molar-refractivity contribution < 1.29 is 0 Å². The van der Waals surface area contributed by atoms with Crippen molar-refractivity contribution in [2.75, 3.05) is 20.1 Å². The topological polar surface area (TPSA) is 49.6 Å². The molecule has 1 fully saturated rings. The highest BCUT2D eigenvalue weighted by atomic mass is 79.9. The van der Waals surface area contributed by atoms with Crippen LogP contribution < -0.4 is 10.9 Å². The average Bonchev–Trinajstić information content (AvgIpc) is 2.88. The first kappa shape index (κ1) is 14.7. The largest absolute Gasteiger partial charge is 0.318 e. The number of hydrogen-bond acceptors (Lipinski definition) is 4. The van der Waals surface area contributed by atoms with Crippen LogP contribution in [0.15, 0.2) is 33.7 Å². The predicted octanol–water partition coefficient (Wildman–Crippen LogP) is 1.64. The van der Waals surface area contributed by atoms with Crippen LogP contribution in [-0.4, -0.2) is 40.5 Å². The maximum absolute atomic E-state index is 12.2. The zero-order valence-electron chi connectivity index (χ0n) is 12.1. The van der Waals surface area contributed by atoms with Crippen molar-refractivity contribution >= 4 is 21.6 Å². The summed E-state index contributed by atoms with van der Waals surface area (Å²) >= 11 is 3.38. The van der Waals surface area contributed by atoms with Gasteiger partial charge in [0, 0.05) is 35.9 Å². The molecule has 1 saturated heterocycles. The monoisotopic (exact) mass is 350 g/mol. The first-order valence-electron chi connectivity index (χ1n) is 7.24. The van der Waals surface area contributed by atoms with Gasteiger partial charge in [-0.2, -0.15) is 0 Å². The average molecular weight is 351 g/mol. The van der Waals surface area contributed by atoms with Crippen molar-refractivity contribution in [3.63, 3.8) is 0 Å². The van der Waals surface area contributed by atoms with Crippen LogP contribution in [0.25, 0.3) is 5.65 Å². The summed E-state index contributed by atoms with van der Waals surface area (Å²) in [6.45, 7) is 2.81. The molecule has 0 saturated carbocycles. The van der Waals surface area contributed by atoms with Gasteiger partial charge in [-0.1, -0.05) is 0 Å². The van der Waals surface area contributed by atoms with E-state index in [1.165, 1.54) is 12.8 Å². The number of rotatable bonds is 4. The molecule has 1 aliphatic rings. The summed E-state index contributed by atoms with van der Waals surface area (Å²) in [6, 6.07) is 5.96. The van der Waals surface area contributed by atoms with Crippen LogP contribution in [0, 0.1) is 0 Å². The number of pyridine rings is 1. The van der Waals surface area contributed by atoms with Crippen LogP contribution in [-0.2, 0) is 6.54 Å². The fraction of sp³-hybridized carbons (Fsp3) is 0.467. The van der Waals surface area contributed by atoms with E-state index in [0.29, 0.717) is 11.7 Å². The lowest BCUT2D eigenvalue weighted by atomic mass is 10.2. The molecule has 0 amide bonds. The minimum absolute atomic E-state index is 0.0272. The Bertz CT molecular complexity index is 700. The Labute approximate surface area is 132 Å². The predicted molar refractivity (Wildman–Crippen MR) is 86.5 cm³/mol. The molecule has 2 aromatic heterocycles. The van der Waals surface area contributed by atoms with Gasteiger partial charge in [0.2, 0.25) is 0 Å². The lowest BCUT2D eigenvalue weighted by Crippen LogP contribution is -2.36. The quantitative estimate of drug-likeness (QED) is 0.910. The number of nitrogens with zero attached hydrogens (tertiary/aromatic N) is 3. The van der Waals surface area contributed by atoms with Crippen molar-refractivity contribution in [1.82, 2.24) is 19.6 Å². The lowest BCUT2D eigenvalue weighted by Gasteiger charge is -2.23. The summed E-state index contributed by atoms with van der Waals surface area (Å²) in [7, 11) is 1.98. The number of fused-ring (bicyclic) bond motifs is 1. The standard InChI is InChI=1S/C15H19BrN4O/c1-17-8-13-3-2-6-19(13)10-12-7-15(21)20-9-11(16)4-5-14(20)18-12/h4-5,7,9,13,17H,2-3,6,8,10H2,1H3. The van der Waals surface area contributed by atoms with Crippen LogP contribution in [0.1, 0.15) is 18.5 Å². The number of nitrogens with one attached hydrogen (secondary N) is 1. The minimum atomic E-state index is -0.0272. The molecular weight excluding hydrogens is 332 g/mol. The van der Waals surface area contributed by atoms with Gasteiger partial charge in [-0.25, -0.2) is 4.98 Å². The van der Waals surface area contributed by atoms with E-state index in [1.54, 1.807) is 16.7 Å². The second-order valence-electron chi connectivity index (χ2n) is 5.49. The highest BCUT2D eigenvalue weighted by molar-refractivity contribution is 9.10. The lowest BCUT2D eigenvalue weighted by molar-refractivity contribution is 0.239. The molecule has 2 aromatic rings. The Morgan fingerprint density at radius 3 is 3.14 bits per heavy atom. The Hall–Kier alpha value is -1.24.